The van der Waals surface area contributed by atoms with Crippen molar-refractivity contribution >= 4 is 22.7 Å². The number of carbonyl (C=O) groups is 2. The third-order valence-corrected chi connectivity index (χ3v) is 7.47. The summed E-state index contributed by atoms with van der Waals surface area (Å²) in [6.07, 6.45) is 2.63. The standard InChI is InChI=1S/C35H35N3O3/c39-26-25-37-22-20-31-32(17-10-18-33(31)37)34(40)36-21-24-38(35(41)29-15-8-3-9-16-29)23-19-30(27-11-4-1-5-12-27)28-13-6-2-7-14-28/h1-18,20,22,30,39H,19,21,23-26H2,(H,36,40). The number of amides is 2. The molecule has 6 heteroatoms. The lowest BCUT2D eigenvalue weighted by molar-refractivity contribution is 0.0745. The lowest BCUT2D eigenvalue weighted by Gasteiger charge is -2.26. The first-order valence-electron chi connectivity index (χ1n) is 14.1. The number of nitrogens with zero attached hydrogens (tertiary/aromatic N) is 2. The van der Waals surface area contributed by atoms with Gasteiger partial charge in [0.1, 0.15) is 0 Å². The Kier molecular flexibility index (Phi) is 9.24. The van der Waals surface area contributed by atoms with Crippen molar-refractivity contribution in [1.82, 2.24) is 14.8 Å². The number of nitrogens with one attached hydrogen (secondary N) is 1. The van der Waals surface area contributed by atoms with Crippen molar-refractivity contribution in [1.29, 1.82) is 0 Å². The molecule has 0 aliphatic carbocycles. The van der Waals surface area contributed by atoms with Gasteiger partial charge in [0.2, 0.25) is 0 Å². The van der Waals surface area contributed by atoms with Crippen LogP contribution in [0.2, 0.25) is 0 Å². The van der Waals surface area contributed by atoms with Crippen LogP contribution in [0.25, 0.3) is 10.9 Å². The van der Waals surface area contributed by atoms with Gasteiger partial charge in [-0.05, 0) is 47.9 Å². The zero-order chi connectivity index (χ0) is 28.4. The number of rotatable bonds is 12. The van der Waals surface area contributed by atoms with Crippen molar-refractivity contribution in [2.45, 2.75) is 18.9 Å². The number of aliphatic hydroxyl groups excluding tert-OH is 1. The molecular formula is C35H35N3O3. The first-order chi connectivity index (χ1) is 20.2. The normalized spacial score (nSPS) is 11.1. The molecule has 1 aromatic heterocycles. The molecule has 1 heterocycles. The van der Waals surface area contributed by atoms with Crippen molar-refractivity contribution in [3.05, 3.63) is 144 Å². The molecule has 0 unspecified atom stereocenters. The highest BCUT2D eigenvalue weighted by atomic mass is 16.3. The zero-order valence-electron chi connectivity index (χ0n) is 23.0. The van der Waals surface area contributed by atoms with E-state index in [1.54, 1.807) is 6.07 Å². The summed E-state index contributed by atoms with van der Waals surface area (Å²) in [5, 5.41) is 13.2. The molecule has 0 aliphatic heterocycles. The number of hydrogen-bond acceptors (Lipinski definition) is 3. The predicted octanol–water partition coefficient (Wildman–Crippen LogP) is 5.73. The Labute approximate surface area is 240 Å². The fourth-order valence-corrected chi connectivity index (χ4v) is 5.38. The number of aromatic nitrogens is 1. The van der Waals surface area contributed by atoms with Gasteiger partial charge < -0.3 is 19.9 Å². The number of benzene rings is 4. The van der Waals surface area contributed by atoms with Gasteiger partial charge in [0.25, 0.3) is 11.8 Å². The maximum atomic E-state index is 13.6. The minimum Gasteiger partial charge on any atom is -0.395 e. The lowest BCUT2D eigenvalue weighted by Crippen LogP contribution is -2.39. The van der Waals surface area contributed by atoms with Gasteiger partial charge in [-0.3, -0.25) is 9.59 Å². The number of fused-ring (bicyclic) bond motifs is 1. The number of aliphatic hydroxyl groups is 1. The molecule has 0 saturated heterocycles. The second-order valence-electron chi connectivity index (χ2n) is 10.0. The average Bonchev–Trinajstić information content (AvgIpc) is 3.44. The van der Waals surface area contributed by atoms with E-state index in [-0.39, 0.29) is 24.3 Å². The molecule has 2 N–H and O–H groups in total. The van der Waals surface area contributed by atoms with Gasteiger partial charge in [0, 0.05) is 60.3 Å². The van der Waals surface area contributed by atoms with E-state index in [4.69, 9.17) is 0 Å². The van der Waals surface area contributed by atoms with Crippen LogP contribution in [-0.4, -0.2) is 52.6 Å². The highest BCUT2D eigenvalue weighted by molar-refractivity contribution is 6.06. The largest absolute Gasteiger partial charge is 0.395 e. The summed E-state index contributed by atoms with van der Waals surface area (Å²) in [5.41, 5.74) is 4.53. The molecule has 5 aromatic rings. The molecular weight excluding hydrogens is 510 g/mol. The molecule has 5 rings (SSSR count). The average molecular weight is 546 g/mol. The van der Waals surface area contributed by atoms with E-state index in [1.165, 1.54) is 11.1 Å². The van der Waals surface area contributed by atoms with Crippen molar-refractivity contribution in [2.75, 3.05) is 26.2 Å². The maximum absolute atomic E-state index is 13.6. The summed E-state index contributed by atoms with van der Waals surface area (Å²) in [4.78, 5) is 28.7. The summed E-state index contributed by atoms with van der Waals surface area (Å²) in [6.45, 7) is 1.75. The van der Waals surface area contributed by atoms with Crippen LogP contribution in [0.15, 0.2) is 121 Å². The Morgan fingerprint density at radius 3 is 2.02 bits per heavy atom. The molecule has 4 aromatic carbocycles. The first-order valence-corrected chi connectivity index (χ1v) is 14.1. The molecule has 0 saturated carbocycles. The third kappa shape index (κ3) is 6.73. The van der Waals surface area contributed by atoms with Crippen LogP contribution in [-0.2, 0) is 6.54 Å². The van der Waals surface area contributed by atoms with Gasteiger partial charge in [-0.15, -0.1) is 0 Å². The first kappa shape index (κ1) is 27.9. The highest BCUT2D eigenvalue weighted by Gasteiger charge is 2.21. The molecule has 0 spiro atoms. The van der Waals surface area contributed by atoms with Crippen LogP contribution in [0.3, 0.4) is 0 Å². The molecule has 0 fully saturated rings. The molecule has 6 nitrogen and oxygen atoms in total. The lowest BCUT2D eigenvalue weighted by atomic mass is 9.88. The fraction of sp³-hybridized carbons (Fsp3) is 0.200. The van der Waals surface area contributed by atoms with Crippen LogP contribution >= 0.6 is 0 Å². The van der Waals surface area contributed by atoms with E-state index < -0.39 is 0 Å². The van der Waals surface area contributed by atoms with Gasteiger partial charge >= 0.3 is 0 Å². The topological polar surface area (TPSA) is 74.6 Å². The molecule has 0 atom stereocenters. The van der Waals surface area contributed by atoms with Gasteiger partial charge in [0.05, 0.1) is 6.61 Å². The van der Waals surface area contributed by atoms with Crippen molar-refractivity contribution in [2.24, 2.45) is 0 Å². The van der Waals surface area contributed by atoms with Gasteiger partial charge in [0.15, 0.2) is 0 Å². The summed E-state index contributed by atoms with van der Waals surface area (Å²) < 4.78 is 1.93. The third-order valence-electron chi connectivity index (χ3n) is 7.47. The van der Waals surface area contributed by atoms with Crippen LogP contribution in [0.1, 0.15) is 44.2 Å². The van der Waals surface area contributed by atoms with Crippen LogP contribution < -0.4 is 5.32 Å². The van der Waals surface area contributed by atoms with Gasteiger partial charge in [-0.1, -0.05) is 84.9 Å². The van der Waals surface area contributed by atoms with E-state index in [9.17, 15) is 14.7 Å². The molecule has 208 valence electrons. The molecule has 0 aliphatic rings. The van der Waals surface area contributed by atoms with Crippen molar-refractivity contribution in [3.63, 3.8) is 0 Å². The van der Waals surface area contributed by atoms with E-state index in [2.05, 4.69) is 29.6 Å². The molecule has 41 heavy (non-hydrogen) atoms. The van der Waals surface area contributed by atoms with E-state index in [1.807, 2.05) is 101 Å². The van der Waals surface area contributed by atoms with E-state index in [0.29, 0.717) is 37.3 Å². The number of carbonyl (C=O) groups excluding carboxylic acids is 2. The summed E-state index contributed by atoms with van der Waals surface area (Å²) in [7, 11) is 0. The molecule has 0 bridgehead atoms. The second kappa shape index (κ2) is 13.6. The van der Waals surface area contributed by atoms with Gasteiger partial charge in [-0.25, -0.2) is 0 Å². The van der Waals surface area contributed by atoms with Crippen molar-refractivity contribution in [3.8, 4) is 0 Å². The van der Waals surface area contributed by atoms with Crippen molar-refractivity contribution < 1.29 is 14.7 Å². The molecule has 0 radical (unpaired) electrons. The predicted molar refractivity (Wildman–Crippen MR) is 163 cm³/mol. The minimum absolute atomic E-state index is 0.0287. The highest BCUT2D eigenvalue weighted by Crippen LogP contribution is 2.28. The Bertz CT molecular complexity index is 1530. The van der Waals surface area contributed by atoms with Crippen LogP contribution in [0.5, 0.6) is 0 Å². The van der Waals surface area contributed by atoms with E-state index in [0.717, 1.165) is 17.3 Å². The SMILES string of the molecule is O=C(NCCN(CCC(c1ccccc1)c1ccccc1)C(=O)c1ccccc1)c1cccc2c1ccn2CCO. The van der Waals surface area contributed by atoms with Gasteiger partial charge in [-0.2, -0.15) is 0 Å². The van der Waals surface area contributed by atoms with E-state index >= 15 is 0 Å². The Hall–Kier alpha value is -4.68. The Morgan fingerprint density at radius 1 is 0.756 bits per heavy atom. The minimum atomic E-state index is -0.184. The Balaban J connectivity index is 1.31. The monoisotopic (exact) mass is 545 g/mol. The second-order valence-corrected chi connectivity index (χ2v) is 10.0. The van der Waals surface area contributed by atoms with Crippen LogP contribution in [0, 0.1) is 0 Å². The number of hydrogen-bond donors (Lipinski definition) is 2. The van der Waals surface area contributed by atoms with Crippen LogP contribution in [0.4, 0.5) is 0 Å². The fourth-order valence-electron chi connectivity index (χ4n) is 5.38. The smallest absolute Gasteiger partial charge is 0.253 e. The Morgan fingerprint density at radius 2 is 1.39 bits per heavy atom. The maximum Gasteiger partial charge on any atom is 0.253 e. The zero-order valence-corrected chi connectivity index (χ0v) is 23.0. The summed E-state index contributed by atoms with van der Waals surface area (Å²) in [6, 6.07) is 37.6. The summed E-state index contributed by atoms with van der Waals surface area (Å²) in [5.74, 6) is -0.0996. The summed E-state index contributed by atoms with van der Waals surface area (Å²) >= 11 is 0. The molecule has 2 amide bonds. The quantitative estimate of drug-likeness (QED) is 0.210.